The normalized spacial score (nSPS) is 24.0. The molecule has 1 aromatic rings. The summed E-state index contributed by atoms with van der Waals surface area (Å²) in [7, 11) is -3.58. The highest BCUT2D eigenvalue weighted by Crippen LogP contribution is 2.31. The number of sulfonamides is 1. The first kappa shape index (κ1) is 17.4. The van der Waals surface area contributed by atoms with E-state index in [0.717, 1.165) is 43.6 Å². The highest BCUT2D eigenvalue weighted by Gasteiger charge is 2.30. The zero-order valence-corrected chi connectivity index (χ0v) is 15.1. The predicted octanol–water partition coefficient (Wildman–Crippen LogP) is 1.26. The number of carbonyl (C=O) groups excluding carboxylic acids is 1. The monoisotopic (exact) mass is 351 g/mol. The van der Waals surface area contributed by atoms with Crippen molar-refractivity contribution in [1.29, 1.82) is 0 Å². The van der Waals surface area contributed by atoms with Crippen molar-refractivity contribution >= 4 is 21.6 Å². The molecular formula is C17H25N3O3S. The van der Waals surface area contributed by atoms with Crippen LogP contribution in [0.25, 0.3) is 0 Å². The van der Waals surface area contributed by atoms with E-state index in [9.17, 15) is 13.2 Å². The second-order valence-corrected chi connectivity index (χ2v) is 8.89. The van der Waals surface area contributed by atoms with Crippen LogP contribution >= 0.6 is 0 Å². The molecule has 0 saturated carbocycles. The lowest BCUT2D eigenvalue weighted by Gasteiger charge is -2.34. The van der Waals surface area contributed by atoms with Gasteiger partial charge in [0.25, 0.3) is 0 Å². The van der Waals surface area contributed by atoms with Gasteiger partial charge in [-0.25, -0.2) is 13.1 Å². The second-order valence-electron chi connectivity index (χ2n) is 7.13. The van der Waals surface area contributed by atoms with E-state index in [1.165, 1.54) is 6.92 Å². The molecule has 1 atom stereocenters. The Labute approximate surface area is 143 Å². The van der Waals surface area contributed by atoms with Crippen LogP contribution < -0.4 is 14.9 Å². The van der Waals surface area contributed by atoms with Gasteiger partial charge in [-0.15, -0.1) is 0 Å². The van der Waals surface area contributed by atoms with Crippen molar-refractivity contribution in [2.75, 3.05) is 31.1 Å². The van der Waals surface area contributed by atoms with Gasteiger partial charge in [0.1, 0.15) is 0 Å². The Hall–Kier alpha value is -1.44. The summed E-state index contributed by atoms with van der Waals surface area (Å²) in [4.78, 5) is 13.6. The minimum absolute atomic E-state index is 0.0583. The van der Waals surface area contributed by atoms with Crippen LogP contribution in [0.4, 0.5) is 5.69 Å². The molecule has 0 aromatic heterocycles. The maximum absolute atomic E-state index is 12.7. The molecule has 0 spiro atoms. The summed E-state index contributed by atoms with van der Waals surface area (Å²) in [6.07, 6.45) is 2.84. The van der Waals surface area contributed by atoms with E-state index < -0.39 is 10.0 Å². The lowest BCUT2D eigenvalue weighted by molar-refractivity contribution is -0.116. The molecule has 2 aliphatic heterocycles. The maximum Gasteiger partial charge on any atom is 0.240 e. The zero-order valence-electron chi connectivity index (χ0n) is 14.3. The Balaban J connectivity index is 1.78. The molecule has 1 unspecified atom stereocenters. The number of amides is 1. The maximum atomic E-state index is 12.7. The minimum Gasteiger partial charge on any atom is -0.316 e. The summed E-state index contributed by atoms with van der Waals surface area (Å²) in [5.41, 5.74) is 1.68. The number of benzene rings is 1. The molecule has 7 heteroatoms. The van der Waals surface area contributed by atoms with Crippen LogP contribution in [-0.2, 0) is 21.2 Å². The standard InChI is InChI=1S/C17H25N3O3S/c1-13(21)20-9-6-14-4-5-15(10-16(14)20)24(22,23)19-12-17(2)7-3-8-18-11-17/h4-5,10,18-19H,3,6-9,11-12H2,1-2H3. The molecule has 0 aliphatic carbocycles. The summed E-state index contributed by atoms with van der Waals surface area (Å²) in [6.45, 7) is 6.44. The molecule has 3 rings (SSSR count). The molecule has 1 amide bonds. The van der Waals surface area contributed by atoms with Gasteiger partial charge in [-0.3, -0.25) is 4.79 Å². The number of fused-ring (bicyclic) bond motifs is 1. The van der Waals surface area contributed by atoms with Crippen molar-refractivity contribution in [1.82, 2.24) is 10.0 Å². The van der Waals surface area contributed by atoms with Crippen molar-refractivity contribution in [2.45, 2.75) is 38.0 Å². The fourth-order valence-electron chi connectivity index (χ4n) is 3.48. The zero-order chi connectivity index (χ0) is 17.4. The summed E-state index contributed by atoms with van der Waals surface area (Å²) >= 11 is 0. The quantitative estimate of drug-likeness (QED) is 0.856. The highest BCUT2D eigenvalue weighted by atomic mass is 32.2. The third-order valence-corrected chi connectivity index (χ3v) is 6.42. The molecular weight excluding hydrogens is 326 g/mol. The molecule has 1 aromatic carbocycles. The molecule has 6 nitrogen and oxygen atoms in total. The predicted molar refractivity (Wildman–Crippen MR) is 93.6 cm³/mol. The average Bonchev–Trinajstić information content (AvgIpc) is 2.97. The number of hydrogen-bond acceptors (Lipinski definition) is 4. The van der Waals surface area contributed by atoms with E-state index >= 15 is 0 Å². The van der Waals surface area contributed by atoms with E-state index in [1.807, 2.05) is 6.07 Å². The summed E-state index contributed by atoms with van der Waals surface area (Å²) < 4.78 is 28.1. The van der Waals surface area contributed by atoms with Crippen LogP contribution in [0.15, 0.2) is 23.1 Å². The largest absolute Gasteiger partial charge is 0.316 e. The van der Waals surface area contributed by atoms with E-state index in [1.54, 1.807) is 17.0 Å². The summed E-state index contributed by atoms with van der Waals surface area (Å²) in [6, 6.07) is 5.07. The highest BCUT2D eigenvalue weighted by molar-refractivity contribution is 7.89. The van der Waals surface area contributed by atoms with Gasteiger partial charge < -0.3 is 10.2 Å². The second kappa shape index (κ2) is 6.46. The fourth-order valence-corrected chi connectivity index (χ4v) is 4.69. The Morgan fingerprint density at radius 3 is 2.88 bits per heavy atom. The molecule has 0 bridgehead atoms. The number of piperidine rings is 1. The van der Waals surface area contributed by atoms with Gasteiger partial charge in [0.15, 0.2) is 0 Å². The summed E-state index contributed by atoms with van der Waals surface area (Å²) in [5.74, 6) is -0.0583. The molecule has 24 heavy (non-hydrogen) atoms. The Bertz CT molecular complexity index is 739. The fraction of sp³-hybridized carbons (Fsp3) is 0.588. The topological polar surface area (TPSA) is 78.5 Å². The van der Waals surface area contributed by atoms with Crippen molar-refractivity contribution in [3.63, 3.8) is 0 Å². The van der Waals surface area contributed by atoms with Gasteiger partial charge in [0, 0.05) is 32.2 Å². The smallest absolute Gasteiger partial charge is 0.240 e. The Morgan fingerprint density at radius 2 is 2.21 bits per heavy atom. The summed E-state index contributed by atoms with van der Waals surface area (Å²) in [5, 5.41) is 3.32. The average molecular weight is 351 g/mol. The molecule has 1 saturated heterocycles. The molecule has 2 heterocycles. The molecule has 132 valence electrons. The van der Waals surface area contributed by atoms with Crippen LogP contribution in [0.1, 0.15) is 32.3 Å². The Morgan fingerprint density at radius 1 is 1.42 bits per heavy atom. The lowest BCUT2D eigenvalue weighted by atomic mass is 9.83. The van der Waals surface area contributed by atoms with Gasteiger partial charge in [0.2, 0.25) is 15.9 Å². The molecule has 1 fully saturated rings. The van der Waals surface area contributed by atoms with E-state index in [-0.39, 0.29) is 16.2 Å². The molecule has 0 radical (unpaired) electrons. The third-order valence-electron chi connectivity index (χ3n) is 5.02. The lowest BCUT2D eigenvalue weighted by Crippen LogP contribution is -2.45. The molecule has 2 aliphatic rings. The van der Waals surface area contributed by atoms with Crippen LogP contribution in [0.5, 0.6) is 0 Å². The van der Waals surface area contributed by atoms with Crippen LogP contribution in [0, 0.1) is 5.41 Å². The van der Waals surface area contributed by atoms with Gasteiger partial charge in [-0.1, -0.05) is 13.0 Å². The minimum atomic E-state index is -3.58. The van der Waals surface area contributed by atoms with Gasteiger partial charge >= 0.3 is 0 Å². The van der Waals surface area contributed by atoms with Crippen molar-refractivity contribution in [2.24, 2.45) is 5.41 Å². The third kappa shape index (κ3) is 3.48. The number of carbonyl (C=O) groups is 1. The van der Waals surface area contributed by atoms with Crippen LogP contribution in [-0.4, -0.2) is 40.5 Å². The number of rotatable bonds is 4. The Kier molecular flexibility index (Phi) is 4.68. The van der Waals surface area contributed by atoms with Crippen LogP contribution in [0.3, 0.4) is 0 Å². The van der Waals surface area contributed by atoms with E-state index in [2.05, 4.69) is 17.0 Å². The molecule has 2 N–H and O–H groups in total. The number of hydrogen-bond donors (Lipinski definition) is 2. The first-order valence-electron chi connectivity index (χ1n) is 8.42. The number of nitrogens with one attached hydrogen (secondary N) is 2. The van der Waals surface area contributed by atoms with Crippen molar-refractivity contribution in [3.8, 4) is 0 Å². The SMILES string of the molecule is CC(=O)N1CCc2ccc(S(=O)(=O)NCC3(C)CCCNC3)cc21. The van der Waals surface area contributed by atoms with E-state index in [4.69, 9.17) is 0 Å². The van der Waals surface area contributed by atoms with Gasteiger partial charge in [0.05, 0.1) is 4.90 Å². The van der Waals surface area contributed by atoms with Crippen molar-refractivity contribution in [3.05, 3.63) is 23.8 Å². The van der Waals surface area contributed by atoms with E-state index in [0.29, 0.717) is 13.1 Å². The number of nitrogens with zero attached hydrogens (tertiary/aromatic N) is 1. The van der Waals surface area contributed by atoms with Crippen molar-refractivity contribution < 1.29 is 13.2 Å². The first-order chi connectivity index (χ1) is 11.3. The first-order valence-corrected chi connectivity index (χ1v) is 9.91. The van der Waals surface area contributed by atoms with Crippen LogP contribution in [0.2, 0.25) is 0 Å². The van der Waals surface area contributed by atoms with Gasteiger partial charge in [-0.2, -0.15) is 0 Å². The number of anilines is 1. The van der Waals surface area contributed by atoms with Gasteiger partial charge in [-0.05, 0) is 48.9 Å².